The second-order valence-electron chi connectivity index (χ2n) is 8.39. The highest BCUT2D eigenvalue weighted by Crippen LogP contribution is 2.24. The van der Waals surface area contributed by atoms with Crippen molar-refractivity contribution in [3.63, 3.8) is 0 Å². The Balaban J connectivity index is 1.65. The molecule has 31 heavy (non-hydrogen) atoms. The van der Waals surface area contributed by atoms with Crippen LogP contribution in [-0.4, -0.2) is 68.7 Å². The fourth-order valence-corrected chi connectivity index (χ4v) is 4.71. The molecule has 3 rings (SSSR count). The van der Waals surface area contributed by atoms with E-state index in [1.165, 1.54) is 43.4 Å². The van der Waals surface area contributed by atoms with Crippen molar-refractivity contribution in [1.29, 1.82) is 0 Å². The number of rotatable bonds is 6. The van der Waals surface area contributed by atoms with Crippen molar-refractivity contribution in [1.82, 2.24) is 14.1 Å². The minimum absolute atomic E-state index is 0.0636. The van der Waals surface area contributed by atoms with E-state index in [1.807, 2.05) is 0 Å². The Labute approximate surface area is 190 Å². The number of halogens is 1. The van der Waals surface area contributed by atoms with Crippen LogP contribution < -0.4 is 0 Å². The van der Waals surface area contributed by atoms with E-state index in [-0.39, 0.29) is 21.4 Å². The Morgan fingerprint density at radius 2 is 1.65 bits per heavy atom. The molecule has 6 nitrogen and oxygen atoms in total. The molecule has 0 spiro atoms. The minimum Gasteiger partial charge on any atom is -0.336 e. The first-order valence-electron chi connectivity index (χ1n) is 10.4. The van der Waals surface area contributed by atoms with E-state index in [2.05, 4.69) is 43.0 Å². The Hall–Kier alpha value is -1.93. The number of hydrogen-bond acceptors (Lipinski definition) is 4. The summed E-state index contributed by atoms with van der Waals surface area (Å²) in [7, 11) is -0.718. The zero-order valence-corrected chi connectivity index (χ0v) is 20.1. The highest BCUT2D eigenvalue weighted by atomic mass is 35.5. The number of amides is 1. The predicted octanol–water partition coefficient (Wildman–Crippen LogP) is 3.67. The van der Waals surface area contributed by atoms with Crippen LogP contribution in [0.3, 0.4) is 0 Å². The average molecular weight is 464 g/mol. The van der Waals surface area contributed by atoms with Crippen LogP contribution in [0.1, 0.15) is 41.3 Å². The predicted molar refractivity (Wildman–Crippen MR) is 124 cm³/mol. The number of piperazine rings is 1. The van der Waals surface area contributed by atoms with Crippen molar-refractivity contribution in [2.24, 2.45) is 0 Å². The summed E-state index contributed by atoms with van der Waals surface area (Å²) in [5, 5.41) is 0.260. The highest BCUT2D eigenvalue weighted by Gasteiger charge is 2.26. The van der Waals surface area contributed by atoms with Gasteiger partial charge in [-0.05, 0) is 35.2 Å². The molecule has 0 aromatic heterocycles. The van der Waals surface area contributed by atoms with Crippen LogP contribution in [0.5, 0.6) is 0 Å². The third-order valence-corrected chi connectivity index (χ3v) is 7.80. The quantitative estimate of drug-likeness (QED) is 0.655. The Morgan fingerprint density at radius 3 is 2.19 bits per heavy atom. The molecule has 1 fully saturated rings. The molecule has 0 bridgehead atoms. The lowest BCUT2D eigenvalue weighted by Crippen LogP contribution is -2.48. The topological polar surface area (TPSA) is 60.9 Å². The lowest BCUT2D eigenvalue weighted by atomic mass is 10.0. The summed E-state index contributed by atoms with van der Waals surface area (Å²) < 4.78 is 26.0. The van der Waals surface area contributed by atoms with E-state index in [0.29, 0.717) is 19.0 Å². The van der Waals surface area contributed by atoms with Gasteiger partial charge in [0.2, 0.25) is 10.0 Å². The smallest absolute Gasteiger partial charge is 0.255 e. The van der Waals surface area contributed by atoms with Crippen molar-refractivity contribution >= 4 is 27.5 Å². The lowest BCUT2D eigenvalue weighted by Gasteiger charge is -2.35. The Morgan fingerprint density at radius 1 is 1.03 bits per heavy atom. The SMILES string of the molecule is CC(C)c1ccc(CN2CCN(C(=O)c3cc(S(=O)(=O)N(C)C)ccc3Cl)CC2)cc1. The van der Waals surface area contributed by atoms with E-state index in [4.69, 9.17) is 11.6 Å². The molecule has 0 N–H and O–H groups in total. The van der Waals surface area contributed by atoms with E-state index in [0.717, 1.165) is 23.9 Å². The van der Waals surface area contributed by atoms with Gasteiger partial charge in [0.25, 0.3) is 5.91 Å². The second-order valence-corrected chi connectivity index (χ2v) is 11.0. The first kappa shape index (κ1) is 23.7. The molecule has 0 saturated carbocycles. The van der Waals surface area contributed by atoms with Crippen LogP contribution in [0.4, 0.5) is 0 Å². The van der Waals surface area contributed by atoms with Gasteiger partial charge >= 0.3 is 0 Å². The first-order chi connectivity index (χ1) is 14.6. The third kappa shape index (κ3) is 5.47. The summed E-state index contributed by atoms with van der Waals surface area (Å²) in [4.78, 5) is 17.2. The molecule has 0 radical (unpaired) electrons. The monoisotopic (exact) mass is 463 g/mol. The zero-order chi connectivity index (χ0) is 22.8. The van der Waals surface area contributed by atoms with E-state index < -0.39 is 10.0 Å². The number of carbonyl (C=O) groups excluding carboxylic acids is 1. The van der Waals surface area contributed by atoms with E-state index in [1.54, 1.807) is 4.90 Å². The first-order valence-corrected chi connectivity index (χ1v) is 12.2. The summed E-state index contributed by atoms with van der Waals surface area (Å²) in [6.07, 6.45) is 0. The number of hydrogen-bond donors (Lipinski definition) is 0. The van der Waals surface area contributed by atoms with E-state index >= 15 is 0 Å². The maximum absolute atomic E-state index is 13.1. The van der Waals surface area contributed by atoms with Crippen LogP contribution in [0.25, 0.3) is 0 Å². The molecule has 0 atom stereocenters. The number of carbonyl (C=O) groups is 1. The summed E-state index contributed by atoms with van der Waals surface area (Å²) in [5.74, 6) is 0.281. The fraction of sp³-hybridized carbons (Fsp3) is 0.435. The summed E-state index contributed by atoms with van der Waals surface area (Å²) >= 11 is 6.24. The van der Waals surface area contributed by atoms with Crippen LogP contribution in [0.15, 0.2) is 47.4 Å². The minimum atomic E-state index is -3.64. The number of sulfonamides is 1. The zero-order valence-electron chi connectivity index (χ0n) is 18.5. The normalized spacial score (nSPS) is 15.6. The van der Waals surface area contributed by atoms with Crippen molar-refractivity contribution in [2.75, 3.05) is 40.3 Å². The van der Waals surface area contributed by atoms with Gasteiger partial charge in [0.1, 0.15) is 0 Å². The largest absolute Gasteiger partial charge is 0.336 e. The Kier molecular flexibility index (Phi) is 7.42. The van der Waals surface area contributed by atoms with Gasteiger partial charge in [-0.3, -0.25) is 9.69 Å². The van der Waals surface area contributed by atoms with Crippen LogP contribution >= 0.6 is 11.6 Å². The molecule has 0 unspecified atom stereocenters. The van der Waals surface area contributed by atoms with Crippen LogP contribution in [-0.2, 0) is 16.6 Å². The van der Waals surface area contributed by atoms with Gasteiger partial charge in [-0.25, -0.2) is 12.7 Å². The summed E-state index contributed by atoms with van der Waals surface area (Å²) in [6.45, 7) is 7.87. The van der Waals surface area contributed by atoms with Gasteiger partial charge in [-0.1, -0.05) is 49.7 Å². The maximum atomic E-state index is 13.1. The molecular weight excluding hydrogens is 434 g/mol. The second kappa shape index (κ2) is 9.69. The molecule has 2 aromatic carbocycles. The maximum Gasteiger partial charge on any atom is 0.255 e. The van der Waals surface area contributed by atoms with Gasteiger partial charge in [0, 0.05) is 46.8 Å². The Bertz CT molecular complexity index is 1030. The highest BCUT2D eigenvalue weighted by molar-refractivity contribution is 7.89. The van der Waals surface area contributed by atoms with E-state index in [9.17, 15) is 13.2 Å². The molecule has 1 aliphatic heterocycles. The van der Waals surface area contributed by atoms with Crippen LogP contribution in [0, 0.1) is 0 Å². The third-order valence-electron chi connectivity index (χ3n) is 5.66. The van der Waals surface area contributed by atoms with Crippen molar-refractivity contribution in [2.45, 2.75) is 31.2 Å². The molecule has 1 aliphatic rings. The molecule has 1 heterocycles. The van der Waals surface area contributed by atoms with Crippen molar-refractivity contribution in [3.8, 4) is 0 Å². The van der Waals surface area contributed by atoms with Gasteiger partial charge in [0.15, 0.2) is 0 Å². The molecule has 8 heteroatoms. The molecule has 1 amide bonds. The van der Waals surface area contributed by atoms with Gasteiger partial charge in [-0.2, -0.15) is 0 Å². The van der Waals surface area contributed by atoms with Crippen molar-refractivity contribution < 1.29 is 13.2 Å². The molecule has 0 aliphatic carbocycles. The van der Waals surface area contributed by atoms with Gasteiger partial charge in [-0.15, -0.1) is 0 Å². The molecule has 2 aromatic rings. The van der Waals surface area contributed by atoms with Gasteiger partial charge in [0.05, 0.1) is 15.5 Å². The summed E-state index contributed by atoms with van der Waals surface area (Å²) in [5.41, 5.74) is 2.81. The van der Waals surface area contributed by atoms with Crippen LogP contribution in [0.2, 0.25) is 5.02 Å². The molecule has 1 saturated heterocycles. The van der Waals surface area contributed by atoms with Gasteiger partial charge < -0.3 is 4.90 Å². The number of nitrogens with zero attached hydrogens (tertiary/aromatic N) is 3. The summed E-state index contributed by atoms with van der Waals surface area (Å²) in [6, 6.07) is 13.0. The number of benzene rings is 2. The molecule has 168 valence electrons. The lowest BCUT2D eigenvalue weighted by molar-refractivity contribution is 0.0628. The standard InChI is InChI=1S/C23H30ClN3O3S/c1-17(2)19-7-5-18(6-8-19)16-26-11-13-27(14-12-26)23(28)21-15-20(9-10-22(21)24)31(29,30)25(3)4/h5-10,15,17H,11-14,16H2,1-4H3. The van der Waals surface area contributed by atoms with Crippen molar-refractivity contribution in [3.05, 3.63) is 64.2 Å². The average Bonchev–Trinajstić information content (AvgIpc) is 2.74. The molecular formula is C23H30ClN3O3S. The fourth-order valence-electron chi connectivity index (χ4n) is 3.59.